The molecule has 0 aliphatic carbocycles. The van der Waals surface area contributed by atoms with E-state index in [1.165, 1.54) is 11.3 Å². The highest BCUT2D eigenvalue weighted by molar-refractivity contribution is 5.24. The molecule has 1 aromatic carbocycles. The third kappa shape index (κ3) is 4.33. The van der Waals surface area contributed by atoms with Gasteiger partial charge < -0.3 is 10.5 Å². The minimum absolute atomic E-state index is 0.709. The highest BCUT2D eigenvalue weighted by Gasteiger charge is 2.10. The van der Waals surface area contributed by atoms with Crippen molar-refractivity contribution in [1.29, 1.82) is 0 Å². The summed E-state index contributed by atoms with van der Waals surface area (Å²) in [6, 6.07) is 9.92. The molecule has 0 atom stereocenters. The minimum Gasteiger partial charge on any atom is -0.494 e. The molecule has 0 amide bonds. The molecule has 1 aromatic heterocycles. The molecule has 0 fully saturated rings. The second-order valence-corrected chi connectivity index (χ2v) is 5.28. The van der Waals surface area contributed by atoms with Crippen LogP contribution in [-0.4, -0.2) is 22.9 Å². The van der Waals surface area contributed by atoms with Crippen LogP contribution in [-0.2, 0) is 13.0 Å². The first-order chi connectivity index (χ1) is 10.2. The lowest BCUT2D eigenvalue weighted by Gasteiger charge is -2.07. The summed E-state index contributed by atoms with van der Waals surface area (Å²) < 4.78 is 7.80. The molecule has 0 bridgehead atoms. The van der Waals surface area contributed by atoms with Crippen LogP contribution in [0.5, 0.6) is 5.75 Å². The Morgan fingerprint density at radius 2 is 1.90 bits per heavy atom. The summed E-state index contributed by atoms with van der Waals surface area (Å²) >= 11 is 0. The van der Waals surface area contributed by atoms with E-state index in [-0.39, 0.29) is 0 Å². The van der Waals surface area contributed by atoms with Gasteiger partial charge >= 0.3 is 0 Å². The van der Waals surface area contributed by atoms with E-state index in [1.54, 1.807) is 0 Å². The normalized spacial score (nSPS) is 10.8. The van der Waals surface area contributed by atoms with E-state index < -0.39 is 0 Å². The monoisotopic (exact) mass is 287 g/mol. The molecule has 0 saturated carbocycles. The fourth-order valence-electron chi connectivity index (χ4n) is 2.51. The summed E-state index contributed by atoms with van der Waals surface area (Å²) in [5.41, 5.74) is 9.34. The lowest BCUT2D eigenvalue weighted by molar-refractivity contribution is 0.298. The largest absolute Gasteiger partial charge is 0.494 e. The number of ether oxygens (including phenoxy) is 1. The average molecular weight is 287 g/mol. The molecule has 0 unspecified atom stereocenters. The summed E-state index contributed by atoms with van der Waals surface area (Å²) in [6.45, 7) is 6.55. The molecule has 0 aliphatic rings. The predicted molar refractivity (Wildman–Crippen MR) is 85.6 cm³/mol. The Bertz CT molecular complexity index is 549. The second-order valence-electron chi connectivity index (χ2n) is 5.28. The third-order valence-electron chi connectivity index (χ3n) is 3.69. The van der Waals surface area contributed by atoms with Gasteiger partial charge in [-0.3, -0.25) is 4.68 Å². The number of para-hydroxylation sites is 1. The number of nitrogens with zero attached hydrogens (tertiary/aromatic N) is 2. The van der Waals surface area contributed by atoms with Crippen molar-refractivity contribution in [2.75, 3.05) is 13.2 Å². The van der Waals surface area contributed by atoms with E-state index in [1.807, 2.05) is 30.3 Å². The molecule has 2 aromatic rings. The lowest BCUT2D eigenvalue weighted by atomic mass is 10.1. The maximum atomic E-state index is 5.71. The van der Waals surface area contributed by atoms with Crippen LogP contribution in [0.25, 0.3) is 0 Å². The van der Waals surface area contributed by atoms with Gasteiger partial charge in [0.15, 0.2) is 0 Å². The molecule has 0 aliphatic heterocycles. The zero-order valence-corrected chi connectivity index (χ0v) is 13.0. The van der Waals surface area contributed by atoms with Crippen LogP contribution in [0.3, 0.4) is 0 Å². The van der Waals surface area contributed by atoms with Crippen LogP contribution in [0.4, 0.5) is 0 Å². The SMILES string of the molecule is Cc1nn(CCCOc2ccccc2)c(C)c1CCCN. The molecule has 0 spiro atoms. The van der Waals surface area contributed by atoms with Crippen molar-refractivity contribution >= 4 is 0 Å². The van der Waals surface area contributed by atoms with Gasteiger partial charge in [-0.05, 0) is 50.9 Å². The first-order valence-electron chi connectivity index (χ1n) is 7.63. The molecule has 4 nitrogen and oxygen atoms in total. The molecule has 4 heteroatoms. The first kappa shape index (κ1) is 15.6. The molecule has 0 radical (unpaired) electrons. The zero-order valence-electron chi connectivity index (χ0n) is 13.0. The van der Waals surface area contributed by atoms with Crippen LogP contribution in [0.15, 0.2) is 30.3 Å². The average Bonchev–Trinajstić information content (AvgIpc) is 2.77. The second kappa shape index (κ2) is 7.84. The van der Waals surface area contributed by atoms with Gasteiger partial charge in [-0.25, -0.2) is 0 Å². The lowest BCUT2D eigenvalue weighted by Crippen LogP contribution is -2.08. The summed E-state index contributed by atoms with van der Waals surface area (Å²) in [6.07, 6.45) is 2.99. The van der Waals surface area contributed by atoms with Crippen molar-refractivity contribution < 1.29 is 4.74 Å². The summed E-state index contributed by atoms with van der Waals surface area (Å²) in [7, 11) is 0. The Hall–Kier alpha value is -1.81. The third-order valence-corrected chi connectivity index (χ3v) is 3.69. The summed E-state index contributed by atoms with van der Waals surface area (Å²) in [5, 5.41) is 4.63. The van der Waals surface area contributed by atoms with Crippen molar-refractivity contribution in [3.05, 3.63) is 47.3 Å². The van der Waals surface area contributed by atoms with Gasteiger partial charge in [0.2, 0.25) is 0 Å². The van der Waals surface area contributed by atoms with Crippen molar-refractivity contribution in [1.82, 2.24) is 9.78 Å². The molecule has 2 N–H and O–H groups in total. The Balaban J connectivity index is 1.83. The van der Waals surface area contributed by atoms with Crippen molar-refractivity contribution in [2.24, 2.45) is 5.73 Å². The highest BCUT2D eigenvalue weighted by Crippen LogP contribution is 2.15. The minimum atomic E-state index is 0.709. The predicted octanol–water partition coefficient (Wildman–Crippen LogP) is 2.86. The number of hydrogen-bond acceptors (Lipinski definition) is 3. The van der Waals surface area contributed by atoms with Gasteiger partial charge in [0, 0.05) is 18.7 Å². The molecule has 114 valence electrons. The standard InChI is InChI=1S/C17H25N3O/c1-14-17(10-6-11-18)15(2)20(19-14)12-7-13-21-16-8-4-3-5-9-16/h3-5,8-9H,6-7,10-13,18H2,1-2H3. The molecule has 0 saturated heterocycles. The topological polar surface area (TPSA) is 53.1 Å². The van der Waals surface area contributed by atoms with Crippen LogP contribution in [0, 0.1) is 13.8 Å². The zero-order chi connectivity index (χ0) is 15.1. The van der Waals surface area contributed by atoms with E-state index in [2.05, 4.69) is 23.6 Å². The first-order valence-corrected chi connectivity index (χ1v) is 7.63. The Kier molecular flexibility index (Phi) is 5.81. The quantitative estimate of drug-likeness (QED) is 0.760. The Morgan fingerprint density at radius 3 is 2.62 bits per heavy atom. The van der Waals surface area contributed by atoms with Crippen LogP contribution >= 0.6 is 0 Å². The van der Waals surface area contributed by atoms with E-state index in [9.17, 15) is 0 Å². The fourth-order valence-corrected chi connectivity index (χ4v) is 2.51. The fraction of sp³-hybridized carbons (Fsp3) is 0.471. The van der Waals surface area contributed by atoms with Gasteiger partial charge in [0.25, 0.3) is 0 Å². The van der Waals surface area contributed by atoms with Crippen molar-refractivity contribution in [2.45, 2.75) is 39.7 Å². The highest BCUT2D eigenvalue weighted by atomic mass is 16.5. The maximum absolute atomic E-state index is 5.71. The van der Waals surface area contributed by atoms with E-state index in [0.717, 1.165) is 43.8 Å². The number of aromatic nitrogens is 2. The van der Waals surface area contributed by atoms with Gasteiger partial charge in [0.1, 0.15) is 5.75 Å². The summed E-state index contributed by atoms with van der Waals surface area (Å²) in [4.78, 5) is 0. The van der Waals surface area contributed by atoms with Gasteiger partial charge in [0.05, 0.1) is 12.3 Å². The van der Waals surface area contributed by atoms with E-state index >= 15 is 0 Å². The van der Waals surface area contributed by atoms with Crippen LogP contribution < -0.4 is 10.5 Å². The number of benzene rings is 1. The maximum Gasteiger partial charge on any atom is 0.119 e. The van der Waals surface area contributed by atoms with E-state index in [4.69, 9.17) is 10.5 Å². The Labute approximate surface area is 126 Å². The molecular weight excluding hydrogens is 262 g/mol. The van der Waals surface area contributed by atoms with Crippen LogP contribution in [0.2, 0.25) is 0 Å². The molecule has 2 rings (SSSR count). The number of nitrogens with two attached hydrogens (primary N) is 1. The smallest absolute Gasteiger partial charge is 0.119 e. The van der Waals surface area contributed by atoms with Crippen molar-refractivity contribution in [3.8, 4) is 5.75 Å². The Morgan fingerprint density at radius 1 is 1.14 bits per heavy atom. The molecular formula is C17H25N3O. The van der Waals surface area contributed by atoms with E-state index in [0.29, 0.717) is 6.61 Å². The number of aryl methyl sites for hydroxylation is 2. The number of hydrogen-bond donors (Lipinski definition) is 1. The molecule has 21 heavy (non-hydrogen) atoms. The molecule has 1 heterocycles. The van der Waals surface area contributed by atoms with Gasteiger partial charge in [-0.15, -0.1) is 0 Å². The van der Waals surface area contributed by atoms with Gasteiger partial charge in [-0.2, -0.15) is 5.10 Å². The van der Waals surface area contributed by atoms with Crippen molar-refractivity contribution in [3.63, 3.8) is 0 Å². The van der Waals surface area contributed by atoms with Crippen LogP contribution in [0.1, 0.15) is 29.8 Å². The number of rotatable bonds is 8. The summed E-state index contributed by atoms with van der Waals surface area (Å²) in [5.74, 6) is 0.925. The van der Waals surface area contributed by atoms with Gasteiger partial charge in [-0.1, -0.05) is 18.2 Å².